The molecular weight excluding hydrogens is 461 g/mol. The van der Waals surface area contributed by atoms with Gasteiger partial charge in [-0.3, -0.25) is 9.69 Å². The number of ether oxygens (including phenoxy) is 2. The number of thiocarbonyl (C=S) groups is 1. The lowest BCUT2D eigenvalue weighted by atomic mass is 10.1. The number of halogens is 1. The highest BCUT2D eigenvalue weighted by atomic mass is 32.2. The summed E-state index contributed by atoms with van der Waals surface area (Å²) in [5.74, 6) is -0.718. The number of carbonyl (C=O) groups is 2. The third-order valence-corrected chi connectivity index (χ3v) is 6.20. The lowest BCUT2D eigenvalue weighted by Crippen LogP contribution is -2.27. The second-order valence-corrected chi connectivity index (χ2v) is 8.74. The SMILES string of the molecule is COc1cc(/C=C2/SC(=S)N(Cc3ccccc3)C2=O)ccc1OC(=O)c1ccc(F)cc1. The van der Waals surface area contributed by atoms with Gasteiger partial charge in [0, 0.05) is 0 Å². The molecule has 0 unspecified atom stereocenters. The van der Waals surface area contributed by atoms with E-state index < -0.39 is 11.8 Å². The lowest BCUT2D eigenvalue weighted by Gasteiger charge is -2.14. The molecule has 1 saturated heterocycles. The normalized spacial score (nSPS) is 14.6. The van der Waals surface area contributed by atoms with Gasteiger partial charge in [-0.05, 0) is 53.6 Å². The molecule has 1 amide bonds. The van der Waals surface area contributed by atoms with E-state index in [2.05, 4.69) is 0 Å². The van der Waals surface area contributed by atoms with Gasteiger partial charge >= 0.3 is 5.97 Å². The molecule has 3 aromatic carbocycles. The minimum Gasteiger partial charge on any atom is -0.493 e. The summed E-state index contributed by atoms with van der Waals surface area (Å²) < 4.78 is 24.3. The maximum Gasteiger partial charge on any atom is 0.343 e. The summed E-state index contributed by atoms with van der Waals surface area (Å²) >= 11 is 6.64. The number of methoxy groups -OCH3 is 1. The summed E-state index contributed by atoms with van der Waals surface area (Å²) in [7, 11) is 1.45. The Morgan fingerprint density at radius 1 is 1.06 bits per heavy atom. The molecule has 4 rings (SSSR count). The monoisotopic (exact) mass is 479 g/mol. The first kappa shape index (κ1) is 22.7. The van der Waals surface area contributed by atoms with Gasteiger partial charge in [-0.1, -0.05) is 60.4 Å². The van der Waals surface area contributed by atoms with Crippen LogP contribution in [0.25, 0.3) is 6.08 Å². The third kappa shape index (κ3) is 5.30. The number of hydrogen-bond acceptors (Lipinski definition) is 6. The van der Waals surface area contributed by atoms with Crippen LogP contribution in [0.4, 0.5) is 4.39 Å². The number of hydrogen-bond donors (Lipinski definition) is 0. The highest BCUT2D eigenvalue weighted by Gasteiger charge is 2.32. The molecule has 1 aliphatic rings. The molecule has 0 aliphatic carbocycles. The van der Waals surface area contributed by atoms with Gasteiger partial charge < -0.3 is 9.47 Å². The Hall–Kier alpha value is -3.49. The van der Waals surface area contributed by atoms with Gasteiger partial charge in [-0.25, -0.2) is 9.18 Å². The average molecular weight is 480 g/mol. The summed E-state index contributed by atoms with van der Waals surface area (Å²) in [5.41, 5.74) is 1.89. The van der Waals surface area contributed by atoms with Crippen LogP contribution in [0.15, 0.2) is 77.7 Å². The van der Waals surface area contributed by atoms with Crippen LogP contribution in [0.5, 0.6) is 11.5 Å². The van der Waals surface area contributed by atoms with Crippen molar-refractivity contribution in [2.75, 3.05) is 7.11 Å². The van der Waals surface area contributed by atoms with Gasteiger partial charge in [0.05, 0.1) is 24.1 Å². The van der Waals surface area contributed by atoms with Crippen LogP contribution in [0.3, 0.4) is 0 Å². The molecular formula is C25H18FNO4S2. The number of nitrogens with zero attached hydrogens (tertiary/aromatic N) is 1. The predicted molar refractivity (Wildman–Crippen MR) is 130 cm³/mol. The number of rotatable bonds is 6. The number of benzene rings is 3. The molecule has 0 spiro atoms. The first-order valence-electron chi connectivity index (χ1n) is 9.89. The fraction of sp³-hybridized carbons (Fsp3) is 0.0800. The zero-order chi connectivity index (χ0) is 23.4. The highest BCUT2D eigenvalue weighted by molar-refractivity contribution is 8.26. The van der Waals surface area contributed by atoms with Crippen molar-refractivity contribution in [1.29, 1.82) is 0 Å². The third-order valence-electron chi connectivity index (χ3n) is 4.83. The number of esters is 1. The van der Waals surface area contributed by atoms with E-state index in [9.17, 15) is 14.0 Å². The van der Waals surface area contributed by atoms with Crippen LogP contribution >= 0.6 is 24.0 Å². The van der Waals surface area contributed by atoms with E-state index in [1.54, 1.807) is 29.2 Å². The van der Waals surface area contributed by atoms with Crippen molar-refractivity contribution in [1.82, 2.24) is 4.90 Å². The highest BCUT2D eigenvalue weighted by Crippen LogP contribution is 2.35. The van der Waals surface area contributed by atoms with E-state index >= 15 is 0 Å². The molecule has 33 heavy (non-hydrogen) atoms. The van der Waals surface area contributed by atoms with Crippen LogP contribution in [0, 0.1) is 5.82 Å². The summed E-state index contributed by atoms with van der Waals surface area (Å²) in [6.07, 6.45) is 1.72. The fourth-order valence-corrected chi connectivity index (χ4v) is 4.41. The van der Waals surface area contributed by atoms with Gasteiger partial charge in [0.15, 0.2) is 11.5 Å². The van der Waals surface area contributed by atoms with Crippen molar-refractivity contribution in [2.45, 2.75) is 6.54 Å². The van der Waals surface area contributed by atoms with Crippen LogP contribution in [0.1, 0.15) is 21.5 Å². The van der Waals surface area contributed by atoms with Gasteiger partial charge in [0.1, 0.15) is 10.1 Å². The molecule has 0 bridgehead atoms. The van der Waals surface area contributed by atoms with Gasteiger partial charge in [-0.15, -0.1) is 0 Å². The second-order valence-electron chi connectivity index (χ2n) is 7.06. The first-order valence-corrected chi connectivity index (χ1v) is 11.1. The Morgan fingerprint density at radius 2 is 1.79 bits per heavy atom. The second kappa shape index (κ2) is 9.97. The summed E-state index contributed by atoms with van der Waals surface area (Å²) in [5, 5.41) is 0. The van der Waals surface area contributed by atoms with Gasteiger partial charge in [-0.2, -0.15) is 0 Å². The standard InChI is InChI=1S/C25H18FNO4S2/c1-30-21-13-17(7-12-20(21)31-24(29)18-8-10-19(26)11-9-18)14-22-23(28)27(25(32)33-22)15-16-5-3-2-4-6-16/h2-14H,15H2,1H3/b22-14+. The van der Waals surface area contributed by atoms with Crippen LogP contribution in [-0.2, 0) is 11.3 Å². The molecule has 1 fully saturated rings. The molecule has 0 radical (unpaired) electrons. The van der Waals surface area contributed by atoms with Crippen molar-refractivity contribution >= 4 is 46.3 Å². The molecule has 8 heteroatoms. The molecule has 0 N–H and O–H groups in total. The smallest absolute Gasteiger partial charge is 0.343 e. The Bertz CT molecular complexity index is 1240. The molecule has 1 aliphatic heterocycles. The Balaban J connectivity index is 1.51. The quantitative estimate of drug-likeness (QED) is 0.203. The molecule has 3 aromatic rings. The van der Waals surface area contributed by atoms with Crippen molar-refractivity contribution in [3.05, 3.63) is 100 Å². The van der Waals surface area contributed by atoms with E-state index in [0.29, 0.717) is 27.1 Å². The van der Waals surface area contributed by atoms with E-state index in [1.165, 1.54) is 43.1 Å². The molecule has 0 saturated carbocycles. The van der Waals surface area contributed by atoms with Gasteiger partial charge in [0.2, 0.25) is 0 Å². The topological polar surface area (TPSA) is 55.8 Å². The maximum atomic E-state index is 13.1. The van der Waals surface area contributed by atoms with Crippen LogP contribution < -0.4 is 9.47 Å². The molecule has 0 aromatic heterocycles. The number of amides is 1. The van der Waals surface area contributed by atoms with Crippen molar-refractivity contribution in [2.24, 2.45) is 0 Å². The minimum absolute atomic E-state index is 0.167. The summed E-state index contributed by atoms with van der Waals surface area (Å²) in [6.45, 7) is 0.407. The largest absolute Gasteiger partial charge is 0.493 e. The fourth-order valence-electron chi connectivity index (χ4n) is 3.16. The van der Waals surface area contributed by atoms with E-state index in [-0.39, 0.29) is 17.2 Å². The molecule has 0 atom stereocenters. The zero-order valence-corrected chi connectivity index (χ0v) is 19.1. The molecule has 166 valence electrons. The Morgan fingerprint density at radius 3 is 2.48 bits per heavy atom. The van der Waals surface area contributed by atoms with Crippen molar-refractivity contribution in [3.63, 3.8) is 0 Å². The van der Waals surface area contributed by atoms with E-state index in [1.807, 2.05) is 30.3 Å². The molecule has 5 nitrogen and oxygen atoms in total. The number of thioether (sulfide) groups is 1. The minimum atomic E-state index is -0.636. The number of carbonyl (C=O) groups excluding carboxylic acids is 2. The van der Waals surface area contributed by atoms with Crippen LogP contribution in [0.2, 0.25) is 0 Å². The Kier molecular flexibility index (Phi) is 6.86. The van der Waals surface area contributed by atoms with Crippen molar-refractivity contribution in [3.8, 4) is 11.5 Å². The predicted octanol–water partition coefficient (Wildman–Crippen LogP) is 5.45. The maximum absolute atomic E-state index is 13.1. The molecule has 1 heterocycles. The zero-order valence-electron chi connectivity index (χ0n) is 17.5. The van der Waals surface area contributed by atoms with E-state index in [0.717, 1.165) is 5.56 Å². The average Bonchev–Trinajstić information content (AvgIpc) is 3.08. The summed E-state index contributed by atoms with van der Waals surface area (Å²) in [4.78, 5) is 27.3. The van der Waals surface area contributed by atoms with E-state index in [4.69, 9.17) is 21.7 Å². The first-order chi connectivity index (χ1) is 15.9. The van der Waals surface area contributed by atoms with Crippen LogP contribution in [-0.4, -0.2) is 28.2 Å². The lowest BCUT2D eigenvalue weighted by molar-refractivity contribution is -0.122. The Labute approximate surface area is 199 Å². The summed E-state index contributed by atoms with van der Waals surface area (Å²) in [6, 6.07) is 19.6. The van der Waals surface area contributed by atoms with Gasteiger partial charge in [0.25, 0.3) is 5.91 Å². The van der Waals surface area contributed by atoms with Crippen molar-refractivity contribution < 1.29 is 23.5 Å².